The summed E-state index contributed by atoms with van der Waals surface area (Å²) in [6, 6.07) is 5.08. The van der Waals surface area contributed by atoms with Crippen molar-refractivity contribution in [2.75, 3.05) is 12.8 Å². The molecule has 0 radical (unpaired) electrons. The van der Waals surface area contributed by atoms with Crippen LogP contribution in [0, 0.1) is 5.41 Å². The molecule has 2 aromatic heterocycles. The number of nitrogen functional groups attached to an aromatic ring is 1. The monoisotopic (exact) mass is 310 g/mol. The highest BCUT2D eigenvalue weighted by atomic mass is 32.2. The van der Waals surface area contributed by atoms with E-state index >= 15 is 0 Å². The van der Waals surface area contributed by atoms with Crippen molar-refractivity contribution in [2.24, 2.45) is 5.41 Å². The first-order chi connectivity index (χ1) is 9.56. The molecule has 1 atom stereocenters. The van der Waals surface area contributed by atoms with E-state index in [2.05, 4.69) is 4.98 Å². The lowest BCUT2D eigenvalue weighted by atomic mass is 9.88. The van der Waals surface area contributed by atoms with E-state index in [1.807, 2.05) is 27.7 Å². The Labute approximate surface area is 125 Å². The summed E-state index contributed by atoms with van der Waals surface area (Å²) in [6.07, 6.45) is 1.65. The summed E-state index contributed by atoms with van der Waals surface area (Å²) >= 11 is 0. The highest BCUT2D eigenvalue weighted by molar-refractivity contribution is 7.89. The first-order valence-corrected chi connectivity index (χ1v) is 8.21. The summed E-state index contributed by atoms with van der Waals surface area (Å²) in [7, 11) is -2.15. The van der Waals surface area contributed by atoms with Crippen LogP contribution in [0.25, 0.3) is 5.65 Å². The molecule has 0 aliphatic rings. The van der Waals surface area contributed by atoms with Crippen molar-refractivity contribution in [3.05, 3.63) is 24.4 Å². The molecule has 6 nitrogen and oxygen atoms in total. The quantitative estimate of drug-likeness (QED) is 0.940. The molecule has 21 heavy (non-hydrogen) atoms. The van der Waals surface area contributed by atoms with Gasteiger partial charge in [-0.25, -0.2) is 13.4 Å². The number of rotatable bonds is 3. The fraction of sp³-hybridized carbons (Fsp3) is 0.500. The van der Waals surface area contributed by atoms with Gasteiger partial charge in [-0.1, -0.05) is 26.8 Å². The van der Waals surface area contributed by atoms with Gasteiger partial charge in [-0.15, -0.1) is 0 Å². The van der Waals surface area contributed by atoms with Crippen LogP contribution in [0.2, 0.25) is 0 Å². The summed E-state index contributed by atoms with van der Waals surface area (Å²) in [5.41, 5.74) is 6.18. The molecule has 116 valence electrons. The van der Waals surface area contributed by atoms with Crippen LogP contribution in [0.5, 0.6) is 0 Å². The Bertz CT molecular complexity index is 759. The number of aromatic nitrogens is 2. The minimum atomic E-state index is -3.73. The second-order valence-corrected chi connectivity index (χ2v) is 8.21. The molecule has 2 aromatic rings. The van der Waals surface area contributed by atoms with Gasteiger partial charge in [0.2, 0.25) is 0 Å². The van der Waals surface area contributed by atoms with Crippen LogP contribution >= 0.6 is 0 Å². The second kappa shape index (κ2) is 4.99. The largest absolute Gasteiger partial charge is 0.381 e. The van der Waals surface area contributed by atoms with E-state index in [1.165, 1.54) is 8.71 Å². The molecule has 0 aliphatic heterocycles. The molecule has 2 N–H and O–H groups in total. The molecule has 7 heteroatoms. The average molecular weight is 310 g/mol. The Morgan fingerprint density at radius 1 is 1.33 bits per heavy atom. The number of imidazole rings is 1. The fourth-order valence-corrected chi connectivity index (χ4v) is 3.86. The van der Waals surface area contributed by atoms with Crippen LogP contribution in [0.4, 0.5) is 5.82 Å². The molecule has 0 aliphatic carbocycles. The van der Waals surface area contributed by atoms with E-state index in [9.17, 15) is 8.42 Å². The smallest absolute Gasteiger partial charge is 0.262 e. The van der Waals surface area contributed by atoms with Gasteiger partial charge in [0.25, 0.3) is 10.0 Å². The lowest BCUT2D eigenvalue weighted by molar-refractivity contribution is 0.216. The van der Waals surface area contributed by atoms with Crippen molar-refractivity contribution in [3.63, 3.8) is 0 Å². The predicted octanol–water partition coefficient (Wildman–Crippen LogP) is 1.97. The van der Waals surface area contributed by atoms with Crippen molar-refractivity contribution in [3.8, 4) is 0 Å². The Hall–Kier alpha value is -1.60. The van der Waals surface area contributed by atoms with Gasteiger partial charge in [0.15, 0.2) is 10.8 Å². The van der Waals surface area contributed by atoms with Crippen LogP contribution in [0.3, 0.4) is 0 Å². The van der Waals surface area contributed by atoms with E-state index < -0.39 is 10.0 Å². The third-order valence-corrected chi connectivity index (χ3v) is 5.90. The highest BCUT2D eigenvalue weighted by Gasteiger charge is 2.35. The minimum Gasteiger partial charge on any atom is -0.381 e. The Morgan fingerprint density at radius 3 is 2.52 bits per heavy atom. The topological polar surface area (TPSA) is 80.7 Å². The molecule has 0 fully saturated rings. The Kier molecular flexibility index (Phi) is 3.75. The van der Waals surface area contributed by atoms with Crippen LogP contribution in [0.15, 0.2) is 29.4 Å². The first kappa shape index (κ1) is 15.8. The van der Waals surface area contributed by atoms with Gasteiger partial charge < -0.3 is 5.73 Å². The summed E-state index contributed by atoms with van der Waals surface area (Å²) in [4.78, 5) is 4.12. The summed E-state index contributed by atoms with van der Waals surface area (Å²) in [5.74, 6) is 0.0224. The molecule has 0 amide bonds. The average Bonchev–Trinajstić information content (AvgIpc) is 2.72. The van der Waals surface area contributed by atoms with Gasteiger partial charge in [-0.3, -0.25) is 4.40 Å². The summed E-state index contributed by atoms with van der Waals surface area (Å²) < 4.78 is 28.7. The molecule has 0 saturated carbocycles. The fourth-order valence-electron chi connectivity index (χ4n) is 2.14. The van der Waals surface area contributed by atoms with E-state index in [4.69, 9.17) is 5.73 Å². The highest BCUT2D eigenvalue weighted by Crippen LogP contribution is 2.30. The second-order valence-electron chi connectivity index (χ2n) is 6.29. The van der Waals surface area contributed by atoms with Gasteiger partial charge >= 0.3 is 0 Å². The number of hydrogen-bond acceptors (Lipinski definition) is 4. The molecule has 2 rings (SSSR count). The van der Waals surface area contributed by atoms with Gasteiger partial charge in [-0.2, -0.15) is 4.31 Å². The number of nitrogens with zero attached hydrogens (tertiary/aromatic N) is 3. The summed E-state index contributed by atoms with van der Waals surface area (Å²) in [6.45, 7) is 7.89. The lowest BCUT2D eigenvalue weighted by Crippen LogP contribution is -2.43. The third-order valence-electron chi connectivity index (χ3n) is 3.93. The number of hydrogen-bond donors (Lipinski definition) is 1. The minimum absolute atomic E-state index is 0.0224. The van der Waals surface area contributed by atoms with Crippen LogP contribution in [0.1, 0.15) is 27.7 Å². The zero-order chi connectivity index (χ0) is 16.0. The van der Waals surface area contributed by atoms with Gasteiger partial charge in [0.05, 0.1) is 0 Å². The first-order valence-electron chi connectivity index (χ1n) is 6.77. The maximum atomic E-state index is 12.9. The van der Waals surface area contributed by atoms with E-state index in [1.54, 1.807) is 31.4 Å². The zero-order valence-electron chi connectivity index (χ0n) is 13.0. The Morgan fingerprint density at radius 2 is 1.95 bits per heavy atom. The van der Waals surface area contributed by atoms with Crippen molar-refractivity contribution in [1.29, 1.82) is 0 Å². The lowest BCUT2D eigenvalue weighted by Gasteiger charge is -2.34. The van der Waals surface area contributed by atoms with Crippen molar-refractivity contribution >= 4 is 21.5 Å². The molecular weight excluding hydrogens is 288 g/mol. The van der Waals surface area contributed by atoms with Crippen molar-refractivity contribution in [2.45, 2.75) is 38.8 Å². The molecule has 1 unspecified atom stereocenters. The maximum absolute atomic E-state index is 12.9. The standard InChI is InChI=1S/C14H22N4O2S/c1-10(14(2,3)4)17(5)21(19,20)13-12(15)16-11-8-6-7-9-18(11)13/h6-10H,15H2,1-5H3. The van der Waals surface area contributed by atoms with E-state index in [0.717, 1.165) is 0 Å². The molecule has 0 spiro atoms. The van der Waals surface area contributed by atoms with Crippen LogP contribution < -0.4 is 5.73 Å². The number of pyridine rings is 1. The van der Waals surface area contributed by atoms with Crippen LogP contribution in [-0.4, -0.2) is 35.2 Å². The van der Waals surface area contributed by atoms with Crippen molar-refractivity contribution in [1.82, 2.24) is 13.7 Å². The maximum Gasteiger partial charge on any atom is 0.262 e. The van der Waals surface area contributed by atoms with E-state index in [0.29, 0.717) is 5.65 Å². The van der Waals surface area contributed by atoms with Crippen LogP contribution in [-0.2, 0) is 10.0 Å². The molecule has 0 saturated heterocycles. The van der Waals surface area contributed by atoms with Gasteiger partial charge in [0.1, 0.15) is 5.65 Å². The zero-order valence-corrected chi connectivity index (χ0v) is 13.8. The van der Waals surface area contributed by atoms with E-state index in [-0.39, 0.29) is 22.3 Å². The normalized spacial score (nSPS) is 14.8. The Balaban J connectivity index is 2.60. The number of nitrogens with two attached hydrogens (primary N) is 1. The number of fused-ring (bicyclic) bond motifs is 1. The SMILES string of the molecule is CC(N(C)S(=O)(=O)c1c(N)nc2ccccn12)C(C)(C)C. The number of anilines is 1. The predicted molar refractivity (Wildman–Crippen MR) is 83.5 cm³/mol. The third kappa shape index (κ3) is 2.63. The van der Waals surface area contributed by atoms with Gasteiger partial charge in [-0.05, 0) is 24.5 Å². The molecule has 2 heterocycles. The summed E-state index contributed by atoms with van der Waals surface area (Å²) in [5, 5.41) is 0.0247. The molecule has 0 aromatic carbocycles. The molecule has 0 bridgehead atoms. The number of sulfonamides is 1. The molecular formula is C14H22N4O2S. The van der Waals surface area contributed by atoms with Gasteiger partial charge in [0, 0.05) is 19.3 Å². The van der Waals surface area contributed by atoms with Crippen molar-refractivity contribution < 1.29 is 8.42 Å².